The van der Waals surface area contributed by atoms with E-state index in [2.05, 4.69) is 31.3 Å². The van der Waals surface area contributed by atoms with Gasteiger partial charge in [-0.15, -0.1) is 0 Å². The first-order valence-corrected chi connectivity index (χ1v) is 19.6. The molecule has 4 nitrogen and oxygen atoms in total. The molecule has 4 heteroatoms. The number of carbonyl (C=O) groups is 1. The maximum absolute atomic E-state index is 12.3. The standard InChI is InChI=1S/C40H77NO3/c1-3-5-7-9-11-13-15-16-17-18-19-20-21-22-23-24-25-26-28-30-32-34-36-40(44)41-38(37-42)39(43)35-33-31-29-27-14-12-10-8-6-4-2/h14,27,33,35,38-39,42-43H,3-13,15-26,28-32,34,36-37H2,1-2H3,(H,41,44)/b27-14+,35-33+. The quantitative estimate of drug-likeness (QED) is 0.0488. The van der Waals surface area contributed by atoms with Crippen LogP contribution in [-0.4, -0.2) is 34.9 Å². The molecule has 0 aliphatic rings. The van der Waals surface area contributed by atoms with Crippen molar-refractivity contribution in [2.75, 3.05) is 6.61 Å². The van der Waals surface area contributed by atoms with Crippen molar-refractivity contribution in [2.24, 2.45) is 0 Å². The van der Waals surface area contributed by atoms with E-state index in [-0.39, 0.29) is 12.5 Å². The number of carbonyl (C=O) groups excluding carboxylic acids is 1. The van der Waals surface area contributed by atoms with E-state index >= 15 is 0 Å². The zero-order valence-corrected chi connectivity index (χ0v) is 29.7. The molecule has 0 aromatic carbocycles. The van der Waals surface area contributed by atoms with Gasteiger partial charge in [0.15, 0.2) is 0 Å². The minimum absolute atomic E-state index is 0.0735. The highest BCUT2D eigenvalue weighted by atomic mass is 16.3. The smallest absolute Gasteiger partial charge is 0.220 e. The van der Waals surface area contributed by atoms with E-state index in [0.29, 0.717) is 6.42 Å². The van der Waals surface area contributed by atoms with Crippen molar-refractivity contribution in [3.63, 3.8) is 0 Å². The molecule has 0 rings (SSSR count). The molecule has 0 saturated heterocycles. The summed E-state index contributed by atoms with van der Waals surface area (Å²) in [6.45, 7) is 4.26. The summed E-state index contributed by atoms with van der Waals surface area (Å²) in [6, 6.07) is -0.632. The zero-order valence-electron chi connectivity index (χ0n) is 29.7. The van der Waals surface area contributed by atoms with Crippen molar-refractivity contribution in [1.82, 2.24) is 5.32 Å². The summed E-state index contributed by atoms with van der Waals surface area (Å²) >= 11 is 0. The highest BCUT2D eigenvalue weighted by molar-refractivity contribution is 5.76. The molecular weight excluding hydrogens is 542 g/mol. The molecule has 0 radical (unpaired) electrons. The molecule has 44 heavy (non-hydrogen) atoms. The summed E-state index contributed by atoms with van der Waals surface area (Å²) < 4.78 is 0. The summed E-state index contributed by atoms with van der Waals surface area (Å²) in [6.07, 6.45) is 45.7. The molecule has 3 N–H and O–H groups in total. The molecular formula is C40H77NO3. The molecule has 0 aromatic rings. The second-order valence-corrected chi connectivity index (χ2v) is 13.3. The molecule has 0 aromatic heterocycles. The van der Waals surface area contributed by atoms with Crippen LogP contribution in [0.25, 0.3) is 0 Å². The minimum atomic E-state index is -0.855. The van der Waals surface area contributed by atoms with Gasteiger partial charge in [0.05, 0.1) is 18.8 Å². The van der Waals surface area contributed by atoms with Gasteiger partial charge in [-0.2, -0.15) is 0 Å². The van der Waals surface area contributed by atoms with Gasteiger partial charge in [-0.3, -0.25) is 4.79 Å². The Kier molecular flexibility index (Phi) is 35.4. The van der Waals surface area contributed by atoms with Gasteiger partial charge >= 0.3 is 0 Å². The van der Waals surface area contributed by atoms with Crippen LogP contribution in [-0.2, 0) is 4.79 Å². The summed E-state index contributed by atoms with van der Waals surface area (Å²) in [5.41, 5.74) is 0. The van der Waals surface area contributed by atoms with Gasteiger partial charge in [-0.05, 0) is 32.1 Å². The van der Waals surface area contributed by atoms with Gasteiger partial charge in [0, 0.05) is 6.42 Å². The van der Waals surface area contributed by atoms with Crippen LogP contribution in [0.2, 0.25) is 0 Å². The summed E-state index contributed by atoms with van der Waals surface area (Å²) in [5, 5.41) is 22.8. The van der Waals surface area contributed by atoms with Crippen molar-refractivity contribution in [3.8, 4) is 0 Å². The first-order chi connectivity index (χ1) is 21.7. The molecule has 0 spiro atoms. The van der Waals surface area contributed by atoms with Gasteiger partial charge < -0.3 is 15.5 Å². The predicted molar refractivity (Wildman–Crippen MR) is 193 cm³/mol. The minimum Gasteiger partial charge on any atom is -0.394 e. The van der Waals surface area contributed by atoms with E-state index in [1.807, 2.05) is 6.08 Å². The number of aliphatic hydroxyl groups excluding tert-OH is 2. The Morgan fingerprint density at radius 1 is 0.523 bits per heavy atom. The molecule has 0 heterocycles. The first-order valence-electron chi connectivity index (χ1n) is 19.6. The van der Waals surface area contributed by atoms with Crippen LogP contribution in [0.1, 0.15) is 206 Å². The van der Waals surface area contributed by atoms with E-state index in [1.165, 1.54) is 154 Å². The normalized spacial score (nSPS) is 13.3. The maximum Gasteiger partial charge on any atom is 0.220 e. The van der Waals surface area contributed by atoms with Crippen LogP contribution >= 0.6 is 0 Å². The van der Waals surface area contributed by atoms with Crippen LogP contribution in [0.4, 0.5) is 0 Å². The Hall–Kier alpha value is -1.13. The number of unbranched alkanes of at least 4 members (excludes halogenated alkanes) is 26. The highest BCUT2D eigenvalue weighted by Gasteiger charge is 2.17. The fourth-order valence-corrected chi connectivity index (χ4v) is 5.90. The van der Waals surface area contributed by atoms with E-state index < -0.39 is 12.1 Å². The van der Waals surface area contributed by atoms with Crippen LogP contribution in [0.15, 0.2) is 24.3 Å². The van der Waals surface area contributed by atoms with E-state index in [1.54, 1.807) is 6.08 Å². The Balaban J connectivity index is 3.51. The average molecular weight is 620 g/mol. The van der Waals surface area contributed by atoms with Crippen LogP contribution in [0.3, 0.4) is 0 Å². The monoisotopic (exact) mass is 620 g/mol. The number of allylic oxidation sites excluding steroid dienone is 3. The third kappa shape index (κ3) is 32.3. The topological polar surface area (TPSA) is 69.6 Å². The molecule has 260 valence electrons. The van der Waals surface area contributed by atoms with Crippen molar-refractivity contribution < 1.29 is 15.0 Å². The molecule has 2 atom stereocenters. The van der Waals surface area contributed by atoms with E-state index in [0.717, 1.165) is 32.1 Å². The van der Waals surface area contributed by atoms with Crippen molar-refractivity contribution in [1.29, 1.82) is 0 Å². The van der Waals surface area contributed by atoms with Crippen molar-refractivity contribution >= 4 is 5.91 Å². The molecule has 0 bridgehead atoms. The van der Waals surface area contributed by atoms with Gasteiger partial charge in [0.2, 0.25) is 5.91 Å². The lowest BCUT2D eigenvalue weighted by atomic mass is 10.0. The number of amides is 1. The lowest BCUT2D eigenvalue weighted by Gasteiger charge is -2.19. The Morgan fingerprint density at radius 3 is 1.32 bits per heavy atom. The number of aliphatic hydroxyl groups is 2. The van der Waals surface area contributed by atoms with E-state index in [9.17, 15) is 15.0 Å². The Bertz CT molecular complexity index is 632. The summed E-state index contributed by atoms with van der Waals surface area (Å²) in [7, 11) is 0. The van der Waals surface area contributed by atoms with Crippen LogP contribution in [0, 0.1) is 0 Å². The Morgan fingerprint density at radius 2 is 0.886 bits per heavy atom. The molecule has 2 unspecified atom stereocenters. The zero-order chi connectivity index (χ0) is 32.2. The van der Waals surface area contributed by atoms with Gasteiger partial charge in [0.25, 0.3) is 0 Å². The molecule has 0 aliphatic carbocycles. The third-order valence-corrected chi connectivity index (χ3v) is 8.94. The van der Waals surface area contributed by atoms with Crippen molar-refractivity contribution in [2.45, 2.75) is 219 Å². The number of hydrogen-bond donors (Lipinski definition) is 3. The second kappa shape index (κ2) is 36.3. The van der Waals surface area contributed by atoms with Crippen LogP contribution in [0.5, 0.6) is 0 Å². The lowest BCUT2D eigenvalue weighted by Crippen LogP contribution is -2.45. The summed E-state index contributed by atoms with van der Waals surface area (Å²) in [4.78, 5) is 12.3. The number of hydrogen-bond acceptors (Lipinski definition) is 3. The summed E-state index contributed by atoms with van der Waals surface area (Å²) in [5.74, 6) is -0.0735. The maximum atomic E-state index is 12.3. The molecule has 1 amide bonds. The van der Waals surface area contributed by atoms with E-state index in [4.69, 9.17) is 0 Å². The molecule has 0 fully saturated rings. The van der Waals surface area contributed by atoms with Gasteiger partial charge in [-0.25, -0.2) is 0 Å². The fourth-order valence-electron chi connectivity index (χ4n) is 5.90. The lowest BCUT2D eigenvalue weighted by molar-refractivity contribution is -0.123. The van der Waals surface area contributed by atoms with Crippen LogP contribution < -0.4 is 5.32 Å². The van der Waals surface area contributed by atoms with Crippen molar-refractivity contribution in [3.05, 3.63) is 24.3 Å². The first kappa shape index (κ1) is 42.9. The third-order valence-electron chi connectivity index (χ3n) is 8.94. The highest BCUT2D eigenvalue weighted by Crippen LogP contribution is 2.15. The SMILES string of the molecule is CCCCCC/C=C/CC/C=C/C(O)C(CO)NC(=O)CCCCCCCCCCCCCCCCCCCCCCCC. The second-order valence-electron chi connectivity index (χ2n) is 13.3. The molecule has 0 aliphatic heterocycles. The average Bonchev–Trinajstić information content (AvgIpc) is 3.03. The van der Waals surface area contributed by atoms with Gasteiger partial charge in [-0.1, -0.05) is 192 Å². The van der Waals surface area contributed by atoms with Gasteiger partial charge in [0.1, 0.15) is 0 Å². The number of nitrogens with one attached hydrogen (secondary N) is 1. The Labute approximate surface area is 275 Å². The fraction of sp³-hybridized carbons (Fsp3) is 0.875. The largest absolute Gasteiger partial charge is 0.394 e. The predicted octanol–water partition coefficient (Wildman–Crippen LogP) is 11.7. The number of rotatable bonds is 35. The molecule has 0 saturated carbocycles.